The Bertz CT molecular complexity index is 1700. The van der Waals surface area contributed by atoms with E-state index in [9.17, 15) is 23.1 Å². The van der Waals surface area contributed by atoms with Crippen LogP contribution in [0.4, 0.5) is 19.1 Å². The Labute approximate surface area is 267 Å². The number of carboxylic acid groups (broad SMARTS) is 1. The molecule has 0 aliphatic rings. The predicted molar refractivity (Wildman–Crippen MR) is 172 cm³/mol. The summed E-state index contributed by atoms with van der Waals surface area (Å²) in [5, 5.41) is 19.6. The van der Waals surface area contributed by atoms with Gasteiger partial charge in [0, 0.05) is 19.5 Å². The van der Waals surface area contributed by atoms with Crippen LogP contribution in [0.2, 0.25) is 0 Å². The summed E-state index contributed by atoms with van der Waals surface area (Å²) in [6, 6.07) is 14.0. The fourth-order valence-electron chi connectivity index (χ4n) is 5.25. The summed E-state index contributed by atoms with van der Waals surface area (Å²) in [4.78, 5) is 21.6. The fourth-order valence-corrected chi connectivity index (χ4v) is 5.25. The van der Waals surface area contributed by atoms with Crippen LogP contribution in [0.15, 0.2) is 60.9 Å². The van der Waals surface area contributed by atoms with Gasteiger partial charge in [0.1, 0.15) is 0 Å². The van der Waals surface area contributed by atoms with Gasteiger partial charge in [-0.15, -0.1) is 0 Å². The van der Waals surface area contributed by atoms with Gasteiger partial charge in [0.15, 0.2) is 5.75 Å². The minimum Gasteiger partial charge on any atom is -0.490 e. The Kier molecular flexibility index (Phi) is 10.4. The number of halogens is 3. The third-order valence-corrected chi connectivity index (χ3v) is 7.85. The second-order valence-corrected chi connectivity index (χ2v) is 12.3. The number of aromatic nitrogens is 2. The maximum Gasteiger partial charge on any atom is 0.416 e. The van der Waals surface area contributed by atoms with Gasteiger partial charge < -0.3 is 19.8 Å². The molecule has 0 aliphatic carbocycles. The maximum atomic E-state index is 13.7. The van der Waals surface area contributed by atoms with Gasteiger partial charge in [-0.25, -0.2) is 9.97 Å². The van der Waals surface area contributed by atoms with Crippen LogP contribution in [0.5, 0.6) is 5.75 Å². The number of alkyl halides is 3. The average molecular weight is 636 g/mol. The van der Waals surface area contributed by atoms with Crippen molar-refractivity contribution in [3.8, 4) is 16.9 Å². The van der Waals surface area contributed by atoms with Gasteiger partial charge in [-0.2, -0.15) is 13.2 Å². The number of benzene rings is 3. The van der Waals surface area contributed by atoms with Gasteiger partial charge >= 0.3 is 12.1 Å². The lowest BCUT2D eigenvalue weighted by atomic mass is 9.88. The van der Waals surface area contributed by atoms with E-state index in [2.05, 4.69) is 22.1 Å². The van der Waals surface area contributed by atoms with Crippen molar-refractivity contribution < 1.29 is 32.9 Å². The molecule has 0 atom stereocenters. The van der Waals surface area contributed by atoms with Gasteiger partial charge in [0.2, 0.25) is 5.95 Å². The Morgan fingerprint density at radius 1 is 0.848 bits per heavy atom. The topological polar surface area (TPSA) is 95.8 Å². The lowest BCUT2D eigenvalue weighted by molar-refractivity contribution is -0.138. The number of hydrogen-bond donors (Lipinski definition) is 2. The van der Waals surface area contributed by atoms with Crippen LogP contribution >= 0.6 is 0 Å². The zero-order valence-electron chi connectivity index (χ0n) is 27.0. The second-order valence-electron chi connectivity index (χ2n) is 12.3. The predicted octanol–water partition coefficient (Wildman–Crippen LogP) is 8.07. The first-order valence-corrected chi connectivity index (χ1v) is 15.0. The largest absolute Gasteiger partial charge is 0.490 e. The summed E-state index contributed by atoms with van der Waals surface area (Å²) < 4.78 is 46.8. The first kappa shape index (κ1) is 34.4. The first-order chi connectivity index (χ1) is 21.5. The fraction of sp³-hybridized carbons (Fsp3) is 0.361. The Hall–Kier alpha value is -4.44. The number of aliphatic carboxylic acids is 1. The van der Waals surface area contributed by atoms with Crippen LogP contribution in [0.1, 0.15) is 71.2 Å². The summed E-state index contributed by atoms with van der Waals surface area (Å²) >= 11 is 0. The van der Waals surface area contributed by atoms with Crippen LogP contribution < -0.4 is 9.64 Å². The van der Waals surface area contributed by atoms with Gasteiger partial charge in [0.05, 0.1) is 30.2 Å². The number of carboxylic acids is 1. The summed E-state index contributed by atoms with van der Waals surface area (Å²) in [5.41, 5.74) is 5.87. The first-order valence-electron chi connectivity index (χ1n) is 15.0. The van der Waals surface area contributed by atoms with Gasteiger partial charge in [-0.1, -0.05) is 35.9 Å². The van der Waals surface area contributed by atoms with Crippen molar-refractivity contribution in [3.63, 3.8) is 0 Å². The van der Waals surface area contributed by atoms with E-state index in [1.165, 1.54) is 12.4 Å². The molecule has 0 unspecified atom stereocenters. The summed E-state index contributed by atoms with van der Waals surface area (Å²) in [7, 11) is 0. The number of anilines is 1. The summed E-state index contributed by atoms with van der Waals surface area (Å²) in [5.74, 6) is -0.266. The molecule has 0 saturated heterocycles. The molecule has 0 fully saturated rings. The highest BCUT2D eigenvalue weighted by Crippen LogP contribution is 2.35. The van der Waals surface area contributed by atoms with Gasteiger partial charge in [-0.3, -0.25) is 4.79 Å². The number of aliphatic hydroxyl groups is 1. The van der Waals surface area contributed by atoms with Crippen LogP contribution in [0.25, 0.3) is 11.1 Å². The maximum absolute atomic E-state index is 13.7. The SMILES string of the molecule is Cc1cc(CN(Cc2cc(C)c(C)cc2-c2cc(C(C)(C)O)ccc2C)c2ncc(OCCCC(=O)O)cn2)cc(C(F)(F)F)c1. The van der Waals surface area contributed by atoms with Crippen molar-refractivity contribution in [2.45, 2.75) is 79.3 Å². The quantitative estimate of drug-likeness (QED) is 0.152. The monoisotopic (exact) mass is 635 g/mol. The molecule has 4 rings (SSSR count). The van der Waals surface area contributed by atoms with Crippen LogP contribution in [-0.4, -0.2) is 32.8 Å². The average Bonchev–Trinajstić information content (AvgIpc) is 2.96. The minimum atomic E-state index is -4.49. The Balaban J connectivity index is 1.78. The zero-order valence-corrected chi connectivity index (χ0v) is 27.0. The number of hydrogen-bond acceptors (Lipinski definition) is 6. The number of rotatable bonds is 12. The van der Waals surface area contributed by atoms with Crippen molar-refractivity contribution in [2.24, 2.45) is 0 Å². The molecule has 2 N–H and O–H groups in total. The lowest BCUT2D eigenvalue weighted by Gasteiger charge is -2.26. The van der Waals surface area contributed by atoms with E-state index in [4.69, 9.17) is 9.84 Å². The number of nitrogens with zero attached hydrogens (tertiary/aromatic N) is 3. The van der Waals surface area contributed by atoms with Crippen LogP contribution in [0.3, 0.4) is 0 Å². The lowest BCUT2D eigenvalue weighted by Crippen LogP contribution is -2.25. The summed E-state index contributed by atoms with van der Waals surface area (Å²) in [6.07, 6.45) is -1.25. The molecule has 3 aromatic carbocycles. The Morgan fingerprint density at radius 3 is 2.15 bits per heavy atom. The van der Waals surface area contributed by atoms with E-state index >= 15 is 0 Å². The van der Waals surface area contributed by atoms with Crippen molar-refractivity contribution in [2.75, 3.05) is 11.5 Å². The normalized spacial score (nSPS) is 11.9. The van der Waals surface area contributed by atoms with Gasteiger partial charge in [-0.05, 0) is 111 Å². The van der Waals surface area contributed by atoms with Crippen LogP contribution in [0, 0.1) is 27.7 Å². The second kappa shape index (κ2) is 13.9. The van der Waals surface area contributed by atoms with E-state index in [1.54, 1.807) is 26.8 Å². The number of ether oxygens (including phenoxy) is 1. The highest BCUT2D eigenvalue weighted by atomic mass is 19.4. The van der Waals surface area contributed by atoms with E-state index in [-0.39, 0.29) is 26.1 Å². The number of carbonyl (C=O) groups is 1. The molecule has 0 saturated carbocycles. The molecule has 0 bridgehead atoms. The number of aryl methyl sites for hydroxylation is 4. The smallest absolute Gasteiger partial charge is 0.416 e. The molecule has 0 aliphatic heterocycles. The van der Waals surface area contributed by atoms with Crippen molar-refractivity contribution in [3.05, 3.63) is 105 Å². The molecule has 10 heteroatoms. The van der Waals surface area contributed by atoms with E-state index in [0.29, 0.717) is 29.2 Å². The van der Waals surface area contributed by atoms with Crippen molar-refractivity contribution >= 4 is 11.9 Å². The third kappa shape index (κ3) is 8.84. The molecule has 4 aromatic rings. The molecular weight excluding hydrogens is 595 g/mol. The van der Waals surface area contributed by atoms with Crippen LogP contribution in [-0.2, 0) is 29.7 Å². The highest BCUT2D eigenvalue weighted by Gasteiger charge is 2.31. The molecule has 0 radical (unpaired) electrons. The molecule has 0 amide bonds. The van der Waals surface area contributed by atoms with Gasteiger partial charge in [0.25, 0.3) is 0 Å². The molecule has 7 nitrogen and oxygen atoms in total. The third-order valence-electron chi connectivity index (χ3n) is 7.85. The Morgan fingerprint density at radius 2 is 1.52 bits per heavy atom. The van der Waals surface area contributed by atoms with Crippen molar-refractivity contribution in [1.29, 1.82) is 0 Å². The minimum absolute atomic E-state index is 0.0282. The molecule has 1 heterocycles. The van der Waals surface area contributed by atoms with E-state index in [1.807, 2.05) is 43.9 Å². The molecule has 244 valence electrons. The standard InChI is InChI=1S/C36H40F3N3O4/c1-22-12-26(16-29(13-22)36(37,38)39)20-42(34-40-18-30(19-41-34)46-11-7-8-33(43)44)21-27-14-24(3)25(4)15-32(27)31-17-28(35(5,6)45)10-9-23(31)2/h9-10,12-19,45H,7-8,11,20-21H2,1-6H3,(H,43,44). The molecule has 1 aromatic heterocycles. The van der Waals surface area contributed by atoms with E-state index < -0.39 is 23.3 Å². The zero-order chi connectivity index (χ0) is 33.8. The molecular formula is C36H40F3N3O4. The highest BCUT2D eigenvalue weighted by molar-refractivity contribution is 5.73. The summed E-state index contributed by atoms with van der Waals surface area (Å²) in [6.45, 7) is 11.7. The molecule has 46 heavy (non-hydrogen) atoms. The van der Waals surface area contributed by atoms with Crippen molar-refractivity contribution in [1.82, 2.24) is 9.97 Å². The van der Waals surface area contributed by atoms with E-state index in [0.717, 1.165) is 51.1 Å². The molecule has 0 spiro atoms.